The Bertz CT molecular complexity index is 428. The average molecular weight is 179 g/mol. The molecular formula is C9H3F2NO. The Morgan fingerprint density at radius 2 is 1.92 bits per heavy atom. The molecule has 0 heterocycles. The summed E-state index contributed by atoms with van der Waals surface area (Å²) < 4.78 is 25.2. The van der Waals surface area contributed by atoms with Crippen molar-refractivity contribution in [2.24, 2.45) is 4.99 Å². The number of halogens is 2. The van der Waals surface area contributed by atoms with E-state index >= 15 is 0 Å². The molecule has 64 valence electrons. The highest BCUT2D eigenvalue weighted by Gasteiger charge is 2.07. The summed E-state index contributed by atoms with van der Waals surface area (Å²) in [5, 5.41) is 0. The van der Waals surface area contributed by atoms with E-state index in [-0.39, 0.29) is 11.3 Å². The molecule has 0 aliphatic carbocycles. The number of rotatable bonds is 1. The third-order valence-corrected chi connectivity index (χ3v) is 1.36. The number of hydrogen-bond donors (Lipinski definition) is 0. The molecule has 0 saturated heterocycles. The summed E-state index contributed by atoms with van der Waals surface area (Å²) in [6.45, 7) is 0. The van der Waals surface area contributed by atoms with Gasteiger partial charge in [-0.25, -0.2) is 13.6 Å². The lowest BCUT2D eigenvalue weighted by Gasteiger charge is -1.97. The average Bonchev–Trinajstić information content (AvgIpc) is 2.11. The van der Waals surface area contributed by atoms with E-state index in [1.54, 1.807) is 0 Å². The quantitative estimate of drug-likeness (QED) is 0.368. The van der Waals surface area contributed by atoms with Gasteiger partial charge in [0.15, 0.2) is 11.6 Å². The van der Waals surface area contributed by atoms with Gasteiger partial charge in [0, 0.05) is 6.07 Å². The van der Waals surface area contributed by atoms with Crippen LogP contribution in [0.15, 0.2) is 17.1 Å². The third-order valence-electron chi connectivity index (χ3n) is 1.36. The Morgan fingerprint density at radius 3 is 2.46 bits per heavy atom. The van der Waals surface area contributed by atoms with Gasteiger partial charge in [0.25, 0.3) is 0 Å². The van der Waals surface area contributed by atoms with Crippen LogP contribution in [-0.2, 0) is 4.79 Å². The van der Waals surface area contributed by atoms with Gasteiger partial charge >= 0.3 is 0 Å². The van der Waals surface area contributed by atoms with Crippen LogP contribution in [0.4, 0.5) is 14.5 Å². The van der Waals surface area contributed by atoms with Gasteiger partial charge < -0.3 is 0 Å². The molecule has 1 aromatic rings. The lowest BCUT2D eigenvalue weighted by Crippen LogP contribution is -1.86. The lowest BCUT2D eigenvalue weighted by atomic mass is 10.2. The molecule has 0 unspecified atom stereocenters. The minimum Gasteiger partial charge on any atom is -0.211 e. The molecule has 4 heteroatoms. The molecule has 1 aromatic carbocycles. The molecule has 0 radical (unpaired) electrons. The van der Waals surface area contributed by atoms with Crippen LogP contribution in [0, 0.1) is 24.0 Å². The predicted molar refractivity (Wildman–Crippen MR) is 42.1 cm³/mol. The first kappa shape index (κ1) is 9.11. The van der Waals surface area contributed by atoms with Gasteiger partial charge in [0.2, 0.25) is 6.08 Å². The highest BCUT2D eigenvalue weighted by atomic mass is 19.2. The second-order valence-electron chi connectivity index (χ2n) is 2.13. The number of terminal acetylenes is 1. The van der Waals surface area contributed by atoms with Crippen LogP contribution < -0.4 is 0 Å². The Morgan fingerprint density at radius 1 is 1.31 bits per heavy atom. The molecule has 0 spiro atoms. The fourth-order valence-corrected chi connectivity index (χ4v) is 0.794. The van der Waals surface area contributed by atoms with E-state index in [9.17, 15) is 13.6 Å². The van der Waals surface area contributed by atoms with E-state index in [0.29, 0.717) is 0 Å². The zero-order valence-corrected chi connectivity index (χ0v) is 6.34. The van der Waals surface area contributed by atoms with Crippen molar-refractivity contribution in [2.45, 2.75) is 0 Å². The van der Waals surface area contributed by atoms with Crippen molar-refractivity contribution in [3.8, 4) is 12.3 Å². The van der Waals surface area contributed by atoms with E-state index < -0.39 is 11.6 Å². The maximum atomic E-state index is 12.6. The molecule has 0 aliphatic heterocycles. The molecule has 13 heavy (non-hydrogen) atoms. The van der Waals surface area contributed by atoms with Crippen molar-refractivity contribution in [1.82, 2.24) is 0 Å². The van der Waals surface area contributed by atoms with Crippen LogP contribution in [0.3, 0.4) is 0 Å². The highest BCUT2D eigenvalue weighted by molar-refractivity contribution is 5.59. The molecule has 0 N–H and O–H groups in total. The zero-order valence-electron chi connectivity index (χ0n) is 6.34. The number of benzene rings is 1. The minimum absolute atomic E-state index is 0.0160. The van der Waals surface area contributed by atoms with Gasteiger partial charge in [-0.2, -0.15) is 4.99 Å². The summed E-state index contributed by atoms with van der Waals surface area (Å²) in [5.41, 5.74) is -0.0846. The largest absolute Gasteiger partial charge is 0.240 e. The van der Waals surface area contributed by atoms with Crippen LogP contribution in [0.5, 0.6) is 0 Å². The molecule has 0 amide bonds. The van der Waals surface area contributed by atoms with E-state index in [4.69, 9.17) is 6.42 Å². The van der Waals surface area contributed by atoms with Gasteiger partial charge in [-0.05, 0) is 6.07 Å². The first-order valence-electron chi connectivity index (χ1n) is 3.22. The Labute approximate surface area is 72.9 Å². The molecule has 0 bridgehead atoms. The van der Waals surface area contributed by atoms with Crippen molar-refractivity contribution in [3.63, 3.8) is 0 Å². The van der Waals surface area contributed by atoms with E-state index in [1.165, 1.54) is 6.08 Å². The second kappa shape index (κ2) is 3.61. The van der Waals surface area contributed by atoms with Crippen molar-refractivity contribution in [3.05, 3.63) is 29.3 Å². The fourth-order valence-electron chi connectivity index (χ4n) is 0.794. The summed E-state index contributed by atoms with van der Waals surface area (Å²) in [7, 11) is 0. The number of aliphatic imine (C=N–C) groups is 1. The summed E-state index contributed by atoms with van der Waals surface area (Å²) >= 11 is 0. The van der Waals surface area contributed by atoms with Gasteiger partial charge in [0.1, 0.15) is 0 Å². The summed E-state index contributed by atoms with van der Waals surface area (Å²) in [6, 6.07) is 1.54. The van der Waals surface area contributed by atoms with Gasteiger partial charge in [-0.15, -0.1) is 6.42 Å². The molecule has 0 aliphatic rings. The van der Waals surface area contributed by atoms with Gasteiger partial charge in [-0.1, -0.05) is 5.92 Å². The van der Waals surface area contributed by atoms with Gasteiger partial charge in [0.05, 0.1) is 11.3 Å². The fraction of sp³-hybridized carbons (Fsp3) is 0. The van der Waals surface area contributed by atoms with E-state index in [2.05, 4.69) is 10.9 Å². The number of isocyanates is 1. The summed E-state index contributed by atoms with van der Waals surface area (Å²) in [6.07, 6.45) is 6.17. The maximum Gasteiger partial charge on any atom is 0.240 e. The molecule has 0 atom stereocenters. The molecule has 1 rings (SSSR count). The SMILES string of the molecule is C#Cc1cc(F)c(F)cc1N=C=O. The first-order valence-corrected chi connectivity index (χ1v) is 3.22. The smallest absolute Gasteiger partial charge is 0.211 e. The van der Waals surface area contributed by atoms with Crippen molar-refractivity contribution >= 4 is 11.8 Å². The molecular weight excluding hydrogens is 176 g/mol. The van der Waals surface area contributed by atoms with Gasteiger partial charge in [-0.3, -0.25) is 0 Å². The third kappa shape index (κ3) is 1.78. The zero-order chi connectivity index (χ0) is 9.84. The van der Waals surface area contributed by atoms with Crippen molar-refractivity contribution in [2.75, 3.05) is 0 Å². The molecule has 2 nitrogen and oxygen atoms in total. The normalized spacial score (nSPS) is 8.69. The Balaban J connectivity index is 3.43. The summed E-state index contributed by atoms with van der Waals surface area (Å²) in [5.74, 6) is -0.106. The monoisotopic (exact) mass is 179 g/mol. The maximum absolute atomic E-state index is 12.6. The molecule has 0 saturated carbocycles. The standard InChI is InChI=1S/C9H3F2NO/c1-2-6-3-7(10)8(11)4-9(6)12-5-13/h1,3-4H. The Kier molecular flexibility index (Phi) is 2.53. The van der Waals surface area contributed by atoms with Crippen LogP contribution in [-0.4, -0.2) is 6.08 Å². The number of carbonyl (C=O) groups excluding carboxylic acids is 1. The lowest BCUT2D eigenvalue weighted by molar-refractivity contribution is 0.508. The van der Waals surface area contributed by atoms with E-state index in [0.717, 1.165) is 12.1 Å². The van der Waals surface area contributed by atoms with Crippen LogP contribution >= 0.6 is 0 Å². The van der Waals surface area contributed by atoms with Crippen LogP contribution in [0.1, 0.15) is 5.56 Å². The first-order chi connectivity index (χ1) is 6.19. The van der Waals surface area contributed by atoms with Crippen molar-refractivity contribution in [1.29, 1.82) is 0 Å². The highest BCUT2D eigenvalue weighted by Crippen LogP contribution is 2.21. The van der Waals surface area contributed by atoms with Crippen LogP contribution in [0.2, 0.25) is 0 Å². The molecule has 0 aromatic heterocycles. The summed E-state index contributed by atoms with van der Waals surface area (Å²) in [4.78, 5) is 13.0. The van der Waals surface area contributed by atoms with Crippen LogP contribution in [0.25, 0.3) is 0 Å². The Hall–Kier alpha value is -1.98. The number of nitrogens with zero attached hydrogens (tertiary/aromatic N) is 1. The predicted octanol–water partition coefficient (Wildman–Crippen LogP) is 1.91. The second-order valence-corrected chi connectivity index (χ2v) is 2.13. The number of hydrogen-bond acceptors (Lipinski definition) is 2. The topological polar surface area (TPSA) is 29.4 Å². The van der Waals surface area contributed by atoms with E-state index in [1.807, 2.05) is 0 Å². The van der Waals surface area contributed by atoms with Crippen molar-refractivity contribution < 1.29 is 13.6 Å². The minimum atomic E-state index is -1.10. The molecule has 0 fully saturated rings.